The predicted octanol–water partition coefficient (Wildman–Crippen LogP) is 5.80. The van der Waals surface area contributed by atoms with Crippen molar-refractivity contribution in [3.8, 4) is 17.3 Å². The zero-order valence-corrected chi connectivity index (χ0v) is 19.2. The molecule has 0 spiro atoms. The van der Waals surface area contributed by atoms with Gasteiger partial charge in [0.2, 0.25) is 0 Å². The molecule has 0 saturated carbocycles. The highest BCUT2D eigenvalue weighted by Gasteiger charge is 2.34. The lowest BCUT2D eigenvalue weighted by Crippen LogP contribution is -2.15. The van der Waals surface area contributed by atoms with Gasteiger partial charge in [0, 0.05) is 24.3 Å². The first-order valence-electron chi connectivity index (χ1n) is 10.6. The topological polar surface area (TPSA) is 96.6 Å². The van der Waals surface area contributed by atoms with Crippen molar-refractivity contribution in [1.29, 1.82) is 5.26 Å². The summed E-state index contributed by atoms with van der Waals surface area (Å²) < 4.78 is 45.8. The van der Waals surface area contributed by atoms with Gasteiger partial charge in [0.1, 0.15) is 12.4 Å². The molecule has 0 aliphatic heterocycles. The lowest BCUT2D eigenvalue weighted by atomic mass is 9.91. The molecule has 35 heavy (non-hydrogen) atoms. The van der Waals surface area contributed by atoms with Crippen LogP contribution < -0.4 is 5.32 Å². The van der Waals surface area contributed by atoms with E-state index in [4.69, 9.17) is 4.74 Å². The number of pyridine rings is 2. The standard InChI is InChI=1S/C25H21F3N6O/c1-24(2,14-29)20-9-7-16(12-31-20)32-23-17-8-6-15(11-19(17)33-21(34-23)13-35-3)22-18(25(26,27)28)5-4-10-30-22/h4-12H,13H2,1-3H3,(H,32,33,34). The molecule has 4 aromatic rings. The quantitative estimate of drug-likeness (QED) is 0.374. The van der Waals surface area contributed by atoms with Crippen LogP contribution in [0, 0.1) is 11.3 Å². The van der Waals surface area contributed by atoms with Gasteiger partial charge in [0.25, 0.3) is 0 Å². The summed E-state index contributed by atoms with van der Waals surface area (Å²) in [6.07, 6.45) is -1.63. The zero-order valence-electron chi connectivity index (χ0n) is 19.2. The maximum atomic E-state index is 13.5. The summed E-state index contributed by atoms with van der Waals surface area (Å²) in [5.41, 5.74) is 0.225. The first kappa shape index (κ1) is 24.0. The third kappa shape index (κ3) is 5.05. The SMILES string of the molecule is COCc1nc(Nc2ccc(C(C)(C)C#N)nc2)c2ccc(-c3ncccc3C(F)(F)F)cc2n1. The van der Waals surface area contributed by atoms with Gasteiger partial charge in [0.05, 0.1) is 45.8 Å². The molecular weight excluding hydrogens is 457 g/mol. The van der Waals surface area contributed by atoms with Crippen molar-refractivity contribution < 1.29 is 17.9 Å². The summed E-state index contributed by atoms with van der Waals surface area (Å²) in [7, 11) is 1.50. The summed E-state index contributed by atoms with van der Waals surface area (Å²) in [5, 5.41) is 13.1. The number of hydrogen-bond acceptors (Lipinski definition) is 7. The van der Waals surface area contributed by atoms with Gasteiger partial charge in [-0.05, 0) is 50.2 Å². The summed E-state index contributed by atoms with van der Waals surface area (Å²) in [6, 6.07) is 12.8. The number of halogens is 3. The molecule has 1 N–H and O–H groups in total. The van der Waals surface area contributed by atoms with Crippen molar-refractivity contribution >= 4 is 22.4 Å². The molecule has 7 nitrogen and oxygen atoms in total. The number of ether oxygens (including phenoxy) is 1. The van der Waals surface area contributed by atoms with Crippen LogP contribution in [-0.4, -0.2) is 27.0 Å². The molecule has 0 amide bonds. The highest BCUT2D eigenvalue weighted by Crippen LogP contribution is 2.37. The number of aromatic nitrogens is 4. The summed E-state index contributed by atoms with van der Waals surface area (Å²) in [6.45, 7) is 3.67. The van der Waals surface area contributed by atoms with Crippen LogP contribution in [0.4, 0.5) is 24.7 Å². The van der Waals surface area contributed by atoms with Crippen LogP contribution in [0.1, 0.15) is 30.9 Å². The van der Waals surface area contributed by atoms with Gasteiger partial charge in [-0.3, -0.25) is 9.97 Å². The van der Waals surface area contributed by atoms with E-state index in [2.05, 4.69) is 31.3 Å². The second-order valence-electron chi connectivity index (χ2n) is 8.34. The number of benzene rings is 1. The summed E-state index contributed by atoms with van der Waals surface area (Å²) in [5.74, 6) is 0.798. The molecule has 1 aromatic carbocycles. The molecule has 0 unspecified atom stereocenters. The third-order valence-electron chi connectivity index (χ3n) is 5.35. The number of alkyl halides is 3. The number of hydrogen-bond donors (Lipinski definition) is 1. The Morgan fingerprint density at radius 2 is 1.86 bits per heavy atom. The van der Waals surface area contributed by atoms with Crippen molar-refractivity contribution in [2.24, 2.45) is 0 Å². The van der Waals surface area contributed by atoms with Crippen molar-refractivity contribution in [2.45, 2.75) is 32.0 Å². The summed E-state index contributed by atoms with van der Waals surface area (Å²) >= 11 is 0. The average molecular weight is 478 g/mol. The smallest absolute Gasteiger partial charge is 0.377 e. The second kappa shape index (κ2) is 9.27. The normalized spacial score (nSPS) is 11.9. The molecule has 0 atom stereocenters. The Morgan fingerprint density at radius 1 is 1.06 bits per heavy atom. The fraction of sp³-hybridized carbons (Fsp3) is 0.240. The number of methoxy groups -OCH3 is 1. The van der Waals surface area contributed by atoms with Crippen LogP contribution in [0.25, 0.3) is 22.2 Å². The molecular formula is C25H21F3N6O. The van der Waals surface area contributed by atoms with Crippen LogP contribution in [0.2, 0.25) is 0 Å². The maximum absolute atomic E-state index is 13.5. The molecule has 3 heterocycles. The molecule has 0 aliphatic carbocycles. The number of rotatable bonds is 6. The zero-order chi connectivity index (χ0) is 25.2. The highest BCUT2D eigenvalue weighted by molar-refractivity contribution is 5.93. The van der Waals surface area contributed by atoms with Crippen molar-refractivity contribution in [2.75, 3.05) is 12.4 Å². The highest BCUT2D eigenvalue weighted by atomic mass is 19.4. The summed E-state index contributed by atoms with van der Waals surface area (Å²) in [4.78, 5) is 17.3. The van der Waals surface area contributed by atoms with Crippen LogP contribution in [0.15, 0.2) is 54.9 Å². The van der Waals surface area contributed by atoms with E-state index in [0.717, 1.165) is 6.07 Å². The Hall–Kier alpha value is -4.10. The fourth-order valence-electron chi connectivity index (χ4n) is 3.51. The lowest BCUT2D eigenvalue weighted by Gasteiger charge is -2.16. The second-order valence-corrected chi connectivity index (χ2v) is 8.34. The molecule has 0 fully saturated rings. The van der Waals surface area contributed by atoms with Gasteiger partial charge in [-0.2, -0.15) is 18.4 Å². The minimum Gasteiger partial charge on any atom is -0.377 e. The van der Waals surface area contributed by atoms with E-state index in [0.29, 0.717) is 33.9 Å². The van der Waals surface area contributed by atoms with Crippen LogP contribution in [0.5, 0.6) is 0 Å². The van der Waals surface area contributed by atoms with Crippen molar-refractivity contribution in [3.05, 3.63) is 71.9 Å². The van der Waals surface area contributed by atoms with E-state index in [1.165, 1.54) is 19.4 Å². The Kier molecular flexibility index (Phi) is 6.37. The predicted molar refractivity (Wildman–Crippen MR) is 125 cm³/mol. The molecule has 3 aromatic heterocycles. The number of nitrogens with zero attached hydrogens (tertiary/aromatic N) is 5. The number of nitrogens with one attached hydrogen (secondary N) is 1. The minimum absolute atomic E-state index is 0.111. The molecule has 178 valence electrons. The number of anilines is 2. The first-order valence-corrected chi connectivity index (χ1v) is 10.6. The van der Waals surface area contributed by atoms with Crippen LogP contribution in [0.3, 0.4) is 0 Å². The van der Waals surface area contributed by atoms with Gasteiger partial charge in [-0.15, -0.1) is 0 Å². The van der Waals surface area contributed by atoms with Gasteiger partial charge < -0.3 is 10.1 Å². The van der Waals surface area contributed by atoms with E-state index in [1.807, 2.05) is 0 Å². The number of nitriles is 1. The monoisotopic (exact) mass is 478 g/mol. The molecule has 10 heteroatoms. The molecule has 0 radical (unpaired) electrons. The largest absolute Gasteiger partial charge is 0.418 e. The van der Waals surface area contributed by atoms with E-state index in [1.54, 1.807) is 50.4 Å². The van der Waals surface area contributed by atoms with Crippen molar-refractivity contribution in [3.63, 3.8) is 0 Å². The fourth-order valence-corrected chi connectivity index (χ4v) is 3.51. The van der Waals surface area contributed by atoms with Crippen LogP contribution >= 0.6 is 0 Å². The molecule has 0 bridgehead atoms. The Morgan fingerprint density at radius 3 is 2.51 bits per heavy atom. The van der Waals surface area contributed by atoms with Crippen LogP contribution in [-0.2, 0) is 22.9 Å². The first-order chi connectivity index (χ1) is 16.6. The Labute approximate surface area is 199 Å². The molecule has 0 aliphatic rings. The van der Waals surface area contributed by atoms with Gasteiger partial charge in [0.15, 0.2) is 5.82 Å². The van der Waals surface area contributed by atoms with Gasteiger partial charge in [-0.25, -0.2) is 9.97 Å². The van der Waals surface area contributed by atoms with E-state index in [-0.39, 0.29) is 17.9 Å². The van der Waals surface area contributed by atoms with E-state index < -0.39 is 17.2 Å². The molecule has 4 rings (SSSR count). The minimum atomic E-state index is -4.54. The Bertz CT molecular complexity index is 1410. The third-order valence-corrected chi connectivity index (χ3v) is 5.35. The van der Waals surface area contributed by atoms with Gasteiger partial charge in [-0.1, -0.05) is 6.07 Å². The maximum Gasteiger partial charge on any atom is 0.418 e. The average Bonchev–Trinajstić information content (AvgIpc) is 2.84. The lowest BCUT2D eigenvalue weighted by molar-refractivity contribution is -0.137. The van der Waals surface area contributed by atoms with E-state index >= 15 is 0 Å². The Balaban J connectivity index is 1.78. The number of fused-ring (bicyclic) bond motifs is 1. The van der Waals surface area contributed by atoms with Crippen molar-refractivity contribution in [1.82, 2.24) is 19.9 Å². The van der Waals surface area contributed by atoms with Gasteiger partial charge >= 0.3 is 6.18 Å². The molecule has 0 saturated heterocycles. The van der Waals surface area contributed by atoms with E-state index in [9.17, 15) is 18.4 Å².